The largest absolute Gasteiger partial charge is 0.388 e. The maximum absolute atomic E-state index is 10.3. The Bertz CT molecular complexity index is 602. The van der Waals surface area contributed by atoms with Crippen LogP contribution in [-0.4, -0.2) is 30.6 Å². The molecule has 0 saturated carbocycles. The molecule has 0 aromatic heterocycles. The Morgan fingerprint density at radius 1 is 1.05 bits per heavy atom. The molecule has 22 heavy (non-hydrogen) atoms. The Labute approximate surface area is 137 Å². The third kappa shape index (κ3) is 5.30. The van der Waals surface area contributed by atoms with Gasteiger partial charge in [0.2, 0.25) is 0 Å². The van der Waals surface area contributed by atoms with Crippen molar-refractivity contribution in [2.24, 2.45) is 0 Å². The molecule has 2 aromatic rings. The van der Waals surface area contributed by atoms with E-state index in [4.69, 9.17) is 11.6 Å². The van der Waals surface area contributed by atoms with Crippen LogP contribution in [0.5, 0.6) is 0 Å². The number of hydrogen-bond donors (Lipinski definition) is 1. The summed E-state index contributed by atoms with van der Waals surface area (Å²) in [5, 5.41) is 11.0. The molecule has 0 radical (unpaired) electrons. The highest BCUT2D eigenvalue weighted by Crippen LogP contribution is 2.20. The lowest BCUT2D eigenvalue weighted by atomic mass is 10.0. The monoisotopic (exact) mass is 315 g/mol. The molecule has 0 heterocycles. The summed E-state index contributed by atoms with van der Waals surface area (Å²) in [7, 11) is 4.08. The number of aliphatic hydroxyl groups excluding tert-OH is 1. The number of aliphatic hydroxyl groups is 1. The fourth-order valence-electron chi connectivity index (χ4n) is 2.19. The number of nitrogens with zero attached hydrogens (tertiary/aromatic N) is 1. The fraction of sp³-hybridized carbons (Fsp3) is 0.263. The number of halogens is 1. The molecule has 2 nitrogen and oxygen atoms in total. The van der Waals surface area contributed by atoms with E-state index in [2.05, 4.69) is 17.1 Å². The van der Waals surface area contributed by atoms with Crippen LogP contribution in [0.25, 0.3) is 6.08 Å². The lowest BCUT2D eigenvalue weighted by Gasteiger charge is -2.11. The molecule has 116 valence electrons. The van der Waals surface area contributed by atoms with Crippen molar-refractivity contribution in [3.63, 3.8) is 0 Å². The third-order valence-electron chi connectivity index (χ3n) is 3.44. The van der Waals surface area contributed by atoms with Gasteiger partial charge in [-0.1, -0.05) is 60.2 Å². The Balaban J connectivity index is 1.97. The molecule has 0 aliphatic carbocycles. The molecule has 0 bridgehead atoms. The van der Waals surface area contributed by atoms with Gasteiger partial charge in [-0.3, -0.25) is 0 Å². The van der Waals surface area contributed by atoms with Gasteiger partial charge in [0.15, 0.2) is 0 Å². The molecule has 0 aliphatic heterocycles. The van der Waals surface area contributed by atoms with E-state index >= 15 is 0 Å². The highest BCUT2D eigenvalue weighted by Gasteiger charge is 2.08. The van der Waals surface area contributed by atoms with Crippen LogP contribution in [-0.2, 0) is 6.42 Å². The van der Waals surface area contributed by atoms with Crippen molar-refractivity contribution in [1.29, 1.82) is 0 Å². The van der Waals surface area contributed by atoms with E-state index < -0.39 is 6.10 Å². The smallest absolute Gasteiger partial charge is 0.0830 e. The standard InChI is InChI=1S/C19H22ClNO/c1-21(2)13-3-4-15-5-9-17(10-6-15)19(22)14-16-7-11-18(20)12-8-16/h3-12,19,22H,13-14H2,1-2H3/b4-3+. The Morgan fingerprint density at radius 2 is 1.68 bits per heavy atom. The minimum atomic E-state index is -0.499. The van der Waals surface area contributed by atoms with Crippen LogP contribution in [0, 0.1) is 0 Å². The SMILES string of the molecule is CN(C)C/C=C/c1ccc(C(O)Cc2ccc(Cl)cc2)cc1. The summed E-state index contributed by atoms with van der Waals surface area (Å²) in [4.78, 5) is 2.11. The van der Waals surface area contributed by atoms with Gasteiger partial charge in [0.05, 0.1) is 6.10 Å². The maximum atomic E-state index is 10.3. The lowest BCUT2D eigenvalue weighted by Crippen LogP contribution is -2.10. The average molecular weight is 316 g/mol. The first-order valence-corrected chi connectivity index (χ1v) is 7.76. The molecule has 0 amide bonds. The first kappa shape index (κ1) is 16.8. The van der Waals surface area contributed by atoms with E-state index in [1.54, 1.807) is 0 Å². The van der Waals surface area contributed by atoms with Crippen LogP contribution in [0.4, 0.5) is 0 Å². The first-order valence-electron chi connectivity index (χ1n) is 7.38. The zero-order chi connectivity index (χ0) is 15.9. The van der Waals surface area contributed by atoms with E-state index in [1.807, 2.05) is 62.6 Å². The predicted molar refractivity (Wildman–Crippen MR) is 94.1 cm³/mol. The zero-order valence-electron chi connectivity index (χ0n) is 13.0. The van der Waals surface area contributed by atoms with Crippen molar-refractivity contribution < 1.29 is 5.11 Å². The molecular weight excluding hydrogens is 294 g/mol. The second kappa shape index (κ2) is 8.14. The molecule has 2 rings (SSSR count). The zero-order valence-corrected chi connectivity index (χ0v) is 13.8. The van der Waals surface area contributed by atoms with Crippen molar-refractivity contribution in [3.05, 3.63) is 76.3 Å². The van der Waals surface area contributed by atoms with Gasteiger partial charge in [-0.05, 0) is 42.9 Å². The van der Waals surface area contributed by atoms with Gasteiger partial charge < -0.3 is 10.0 Å². The normalized spacial score (nSPS) is 13.0. The molecule has 0 aliphatic rings. The number of rotatable bonds is 6. The Kier molecular flexibility index (Phi) is 6.20. The summed E-state index contributed by atoms with van der Waals surface area (Å²) in [6, 6.07) is 15.6. The van der Waals surface area contributed by atoms with E-state index in [0.717, 1.165) is 23.2 Å². The van der Waals surface area contributed by atoms with Gasteiger partial charge in [-0.2, -0.15) is 0 Å². The first-order chi connectivity index (χ1) is 10.5. The summed E-state index contributed by atoms with van der Waals surface area (Å²) in [6.07, 6.45) is 4.31. The molecule has 0 saturated heterocycles. The lowest BCUT2D eigenvalue weighted by molar-refractivity contribution is 0.178. The van der Waals surface area contributed by atoms with E-state index in [0.29, 0.717) is 11.4 Å². The van der Waals surface area contributed by atoms with Gasteiger partial charge in [0, 0.05) is 18.0 Å². The molecule has 2 aromatic carbocycles. The Hall–Kier alpha value is -1.61. The number of likely N-dealkylation sites (N-methyl/N-ethyl adjacent to an activating group) is 1. The highest BCUT2D eigenvalue weighted by atomic mass is 35.5. The summed E-state index contributed by atoms with van der Waals surface area (Å²) in [6.45, 7) is 0.918. The topological polar surface area (TPSA) is 23.5 Å². The van der Waals surface area contributed by atoms with Crippen LogP contribution < -0.4 is 0 Å². The van der Waals surface area contributed by atoms with Gasteiger partial charge in [0.25, 0.3) is 0 Å². The van der Waals surface area contributed by atoms with Crippen molar-refractivity contribution in [2.45, 2.75) is 12.5 Å². The minimum absolute atomic E-state index is 0.499. The Morgan fingerprint density at radius 3 is 2.27 bits per heavy atom. The average Bonchev–Trinajstić information content (AvgIpc) is 2.50. The predicted octanol–water partition coefficient (Wildman–Crippen LogP) is 4.19. The van der Waals surface area contributed by atoms with Crippen LogP contribution in [0.2, 0.25) is 5.02 Å². The second-order valence-electron chi connectivity index (χ2n) is 5.68. The highest BCUT2D eigenvalue weighted by molar-refractivity contribution is 6.30. The fourth-order valence-corrected chi connectivity index (χ4v) is 2.32. The molecule has 0 spiro atoms. The third-order valence-corrected chi connectivity index (χ3v) is 3.70. The van der Waals surface area contributed by atoms with Crippen LogP contribution >= 0.6 is 11.6 Å². The molecule has 1 N–H and O–H groups in total. The molecule has 0 fully saturated rings. The summed E-state index contributed by atoms with van der Waals surface area (Å²) in [5.41, 5.74) is 3.15. The van der Waals surface area contributed by atoms with E-state index in [1.165, 1.54) is 0 Å². The summed E-state index contributed by atoms with van der Waals surface area (Å²) >= 11 is 5.87. The van der Waals surface area contributed by atoms with Crippen LogP contribution in [0.3, 0.4) is 0 Å². The quantitative estimate of drug-likeness (QED) is 0.864. The molecule has 1 unspecified atom stereocenters. The summed E-state index contributed by atoms with van der Waals surface area (Å²) < 4.78 is 0. The number of benzene rings is 2. The molecular formula is C19H22ClNO. The van der Waals surface area contributed by atoms with Gasteiger partial charge in [0.1, 0.15) is 0 Å². The van der Waals surface area contributed by atoms with Crippen molar-refractivity contribution in [2.75, 3.05) is 20.6 Å². The van der Waals surface area contributed by atoms with Gasteiger partial charge in [-0.15, -0.1) is 0 Å². The summed E-state index contributed by atoms with van der Waals surface area (Å²) in [5.74, 6) is 0. The second-order valence-corrected chi connectivity index (χ2v) is 6.11. The van der Waals surface area contributed by atoms with Crippen molar-refractivity contribution in [1.82, 2.24) is 4.90 Å². The van der Waals surface area contributed by atoms with Gasteiger partial charge in [-0.25, -0.2) is 0 Å². The molecule has 1 atom stereocenters. The molecule has 3 heteroatoms. The van der Waals surface area contributed by atoms with Crippen molar-refractivity contribution in [3.8, 4) is 0 Å². The van der Waals surface area contributed by atoms with Crippen LogP contribution in [0.15, 0.2) is 54.6 Å². The van der Waals surface area contributed by atoms with Crippen LogP contribution in [0.1, 0.15) is 22.8 Å². The van der Waals surface area contributed by atoms with Crippen molar-refractivity contribution >= 4 is 17.7 Å². The minimum Gasteiger partial charge on any atom is -0.388 e. The van der Waals surface area contributed by atoms with E-state index in [9.17, 15) is 5.11 Å². The van der Waals surface area contributed by atoms with E-state index in [-0.39, 0.29) is 0 Å². The maximum Gasteiger partial charge on any atom is 0.0830 e. The number of hydrogen-bond acceptors (Lipinski definition) is 2. The van der Waals surface area contributed by atoms with Gasteiger partial charge >= 0.3 is 0 Å².